The molecule has 2 aliphatic rings. The highest BCUT2D eigenvalue weighted by atomic mass is 19.4. The smallest absolute Gasteiger partial charge is 0.416 e. The van der Waals surface area contributed by atoms with Gasteiger partial charge in [0.1, 0.15) is 5.60 Å². The Kier molecular flexibility index (Phi) is 8.01. The molecule has 1 unspecified atom stereocenters. The van der Waals surface area contributed by atoms with E-state index in [4.69, 9.17) is 15.2 Å². The first-order valence-electron chi connectivity index (χ1n) is 11.2. The van der Waals surface area contributed by atoms with Crippen LogP contribution in [0.15, 0.2) is 36.7 Å². The van der Waals surface area contributed by atoms with Gasteiger partial charge in [-0.3, -0.25) is 0 Å². The summed E-state index contributed by atoms with van der Waals surface area (Å²) < 4.78 is 48.5. The fraction of sp³-hybridized carbons (Fsp3) is 0.542. The SMILES string of the molecule is CC(C)(C)OC(=O)N1CCC(OCc2ccc(C(F)(F)F)cc2)C1.Nc1ncc(C2CC2)cn1. The Bertz CT molecular complexity index is 940. The van der Waals surface area contributed by atoms with Crippen molar-refractivity contribution in [2.75, 3.05) is 18.8 Å². The number of benzene rings is 1. The van der Waals surface area contributed by atoms with Gasteiger partial charge in [-0.1, -0.05) is 12.1 Å². The predicted octanol–water partition coefficient (Wildman–Crippen LogP) is 5.17. The largest absolute Gasteiger partial charge is 0.444 e. The van der Waals surface area contributed by atoms with E-state index in [1.54, 1.807) is 25.7 Å². The average Bonchev–Trinajstić information content (AvgIpc) is 3.49. The van der Waals surface area contributed by atoms with Crippen LogP contribution < -0.4 is 5.73 Å². The summed E-state index contributed by atoms with van der Waals surface area (Å²) in [4.78, 5) is 21.4. The fourth-order valence-corrected chi connectivity index (χ4v) is 3.34. The summed E-state index contributed by atoms with van der Waals surface area (Å²) >= 11 is 0. The van der Waals surface area contributed by atoms with E-state index in [9.17, 15) is 18.0 Å². The number of carbonyl (C=O) groups is 1. The van der Waals surface area contributed by atoms with Gasteiger partial charge in [-0.2, -0.15) is 13.2 Å². The van der Waals surface area contributed by atoms with Gasteiger partial charge in [-0.15, -0.1) is 0 Å². The first-order chi connectivity index (χ1) is 15.9. The Hall–Kier alpha value is -2.88. The molecule has 7 nitrogen and oxygen atoms in total. The minimum atomic E-state index is -4.33. The molecule has 0 bridgehead atoms. The van der Waals surface area contributed by atoms with Crippen LogP contribution in [0.25, 0.3) is 0 Å². The zero-order valence-electron chi connectivity index (χ0n) is 19.6. The van der Waals surface area contributed by atoms with Gasteiger partial charge in [0, 0.05) is 18.9 Å². The van der Waals surface area contributed by atoms with Crippen LogP contribution in [-0.2, 0) is 22.3 Å². The molecule has 2 aromatic rings. The van der Waals surface area contributed by atoms with Gasteiger partial charge >= 0.3 is 12.3 Å². The topological polar surface area (TPSA) is 90.6 Å². The molecule has 186 valence electrons. The van der Waals surface area contributed by atoms with E-state index in [2.05, 4.69) is 9.97 Å². The highest BCUT2D eigenvalue weighted by Crippen LogP contribution is 2.39. The lowest BCUT2D eigenvalue weighted by Crippen LogP contribution is -2.36. The lowest BCUT2D eigenvalue weighted by atomic mass is 10.1. The molecule has 2 N–H and O–H groups in total. The Morgan fingerprint density at radius 1 is 1.09 bits per heavy atom. The molecule has 1 saturated carbocycles. The zero-order valence-corrected chi connectivity index (χ0v) is 19.6. The number of halogens is 3. The molecule has 1 saturated heterocycles. The number of aromatic nitrogens is 2. The van der Waals surface area contributed by atoms with Crippen molar-refractivity contribution in [1.82, 2.24) is 14.9 Å². The molecule has 1 aliphatic heterocycles. The van der Waals surface area contributed by atoms with E-state index < -0.39 is 17.3 Å². The second-order valence-electron chi connectivity index (χ2n) is 9.49. The maximum absolute atomic E-state index is 12.5. The second-order valence-corrected chi connectivity index (χ2v) is 9.49. The molecule has 2 heterocycles. The third kappa shape index (κ3) is 8.16. The number of amides is 1. The number of nitrogens with zero attached hydrogens (tertiary/aromatic N) is 3. The number of likely N-dealkylation sites (tertiary alicyclic amines) is 1. The minimum absolute atomic E-state index is 0.139. The molecule has 1 aliphatic carbocycles. The van der Waals surface area contributed by atoms with Crippen LogP contribution in [0.1, 0.15) is 62.6 Å². The van der Waals surface area contributed by atoms with Crippen molar-refractivity contribution in [2.24, 2.45) is 0 Å². The highest BCUT2D eigenvalue weighted by molar-refractivity contribution is 5.68. The Morgan fingerprint density at radius 2 is 1.71 bits per heavy atom. The normalized spacial score (nSPS) is 18.3. The number of hydrogen-bond acceptors (Lipinski definition) is 6. The van der Waals surface area contributed by atoms with Gasteiger partial charge in [-0.05, 0) is 69.2 Å². The first kappa shape index (κ1) is 25.7. The van der Waals surface area contributed by atoms with Gasteiger partial charge in [0.05, 0.1) is 24.8 Å². The number of ether oxygens (including phenoxy) is 2. The van der Waals surface area contributed by atoms with E-state index >= 15 is 0 Å². The Labute approximate surface area is 197 Å². The Balaban J connectivity index is 0.000000266. The summed E-state index contributed by atoms with van der Waals surface area (Å²) in [6.45, 7) is 6.60. The van der Waals surface area contributed by atoms with Crippen molar-refractivity contribution < 1.29 is 27.4 Å². The van der Waals surface area contributed by atoms with Gasteiger partial charge < -0.3 is 20.1 Å². The molecular formula is C24H31F3N4O3. The van der Waals surface area contributed by atoms with E-state index in [1.807, 2.05) is 12.4 Å². The van der Waals surface area contributed by atoms with Gasteiger partial charge in [-0.25, -0.2) is 14.8 Å². The molecule has 4 rings (SSSR count). The molecule has 1 amide bonds. The van der Waals surface area contributed by atoms with Crippen LogP contribution in [0.3, 0.4) is 0 Å². The summed E-state index contributed by atoms with van der Waals surface area (Å²) in [7, 11) is 0. The number of nitrogens with two attached hydrogens (primary N) is 1. The number of alkyl halides is 3. The van der Waals surface area contributed by atoms with Crippen molar-refractivity contribution in [3.63, 3.8) is 0 Å². The van der Waals surface area contributed by atoms with Crippen LogP contribution in [0.2, 0.25) is 0 Å². The third-order valence-corrected chi connectivity index (χ3v) is 5.30. The fourth-order valence-electron chi connectivity index (χ4n) is 3.34. The summed E-state index contributed by atoms with van der Waals surface area (Å²) in [5, 5.41) is 0. The maximum atomic E-state index is 12.5. The van der Waals surface area contributed by atoms with Gasteiger partial charge in [0.25, 0.3) is 0 Å². The van der Waals surface area contributed by atoms with E-state index in [0.29, 0.717) is 31.0 Å². The lowest BCUT2D eigenvalue weighted by molar-refractivity contribution is -0.137. The molecule has 0 radical (unpaired) electrons. The second kappa shape index (κ2) is 10.6. The van der Waals surface area contributed by atoms with Crippen LogP contribution in [0, 0.1) is 0 Å². The lowest BCUT2D eigenvalue weighted by Gasteiger charge is -2.24. The number of anilines is 1. The number of nitrogen functional groups attached to an aromatic ring is 1. The quantitative estimate of drug-likeness (QED) is 0.650. The Morgan fingerprint density at radius 3 is 2.24 bits per heavy atom. The minimum Gasteiger partial charge on any atom is -0.444 e. The summed E-state index contributed by atoms with van der Waals surface area (Å²) in [6.07, 6.45) is 2.04. The van der Waals surface area contributed by atoms with Crippen LogP contribution in [0.4, 0.5) is 23.9 Å². The number of rotatable bonds is 4. The molecule has 1 atom stereocenters. The molecule has 10 heteroatoms. The monoisotopic (exact) mass is 480 g/mol. The van der Waals surface area contributed by atoms with Crippen molar-refractivity contribution >= 4 is 12.0 Å². The molecular weight excluding hydrogens is 449 g/mol. The van der Waals surface area contributed by atoms with Crippen LogP contribution >= 0.6 is 0 Å². The van der Waals surface area contributed by atoms with Crippen LogP contribution in [-0.4, -0.2) is 45.8 Å². The maximum Gasteiger partial charge on any atom is 0.416 e. The summed E-state index contributed by atoms with van der Waals surface area (Å²) in [6, 6.07) is 4.90. The standard InChI is InChI=1S/C17H22F3NO3.C7H9N3/c1-16(2,3)24-15(22)21-9-8-14(10-21)23-11-12-4-6-13(7-5-12)17(18,19)20;8-7-9-3-6(4-10-7)5-1-2-5/h4-7,14H,8-11H2,1-3H3;3-5H,1-2H2,(H2,8,9,10). The average molecular weight is 481 g/mol. The first-order valence-corrected chi connectivity index (χ1v) is 11.2. The molecule has 2 fully saturated rings. The number of carbonyl (C=O) groups excluding carboxylic acids is 1. The molecule has 1 aromatic heterocycles. The third-order valence-electron chi connectivity index (χ3n) is 5.30. The van der Waals surface area contributed by atoms with Crippen molar-refractivity contribution in [1.29, 1.82) is 0 Å². The van der Waals surface area contributed by atoms with Crippen molar-refractivity contribution in [3.8, 4) is 0 Å². The van der Waals surface area contributed by atoms with E-state index in [-0.39, 0.29) is 18.8 Å². The van der Waals surface area contributed by atoms with E-state index in [0.717, 1.165) is 18.1 Å². The van der Waals surface area contributed by atoms with Crippen molar-refractivity contribution in [3.05, 3.63) is 53.3 Å². The van der Waals surface area contributed by atoms with Gasteiger partial charge in [0.15, 0.2) is 0 Å². The summed E-state index contributed by atoms with van der Waals surface area (Å²) in [5.74, 6) is 1.09. The van der Waals surface area contributed by atoms with Crippen molar-refractivity contribution in [2.45, 2.75) is 70.4 Å². The highest BCUT2D eigenvalue weighted by Gasteiger charge is 2.31. The van der Waals surface area contributed by atoms with Gasteiger partial charge in [0.2, 0.25) is 5.95 Å². The number of hydrogen-bond donors (Lipinski definition) is 1. The summed E-state index contributed by atoms with van der Waals surface area (Å²) in [5.41, 5.74) is 6.00. The molecule has 1 aromatic carbocycles. The molecule has 0 spiro atoms. The predicted molar refractivity (Wildman–Crippen MR) is 121 cm³/mol. The zero-order chi connectivity index (χ0) is 24.9. The van der Waals surface area contributed by atoms with E-state index in [1.165, 1.54) is 30.5 Å². The van der Waals surface area contributed by atoms with Crippen LogP contribution in [0.5, 0.6) is 0 Å². The molecule has 34 heavy (non-hydrogen) atoms.